The molecular weight excluding hydrogens is 270 g/mol. The Morgan fingerprint density at radius 1 is 1.30 bits per heavy atom. The number of aromatic nitrogens is 2. The third-order valence-electron chi connectivity index (χ3n) is 3.64. The molecule has 3 rings (SSSR count). The van der Waals surface area contributed by atoms with Crippen LogP contribution in [0.2, 0.25) is 0 Å². The maximum atomic E-state index is 5.53. The number of hydrogen-bond donors (Lipinski definition) is 0. The highest BCUT2D eigenvalue weighted by Gasteiger charge is 2.31. The van der Waals surface area contributed by atoms with Crippen molar-refractivity contribution in [3.63, 3.8) is 0 Å². The smallest absolute Gasteiger partial charge is 0.230 e. The molecule has 1 aliphatic heterocycles. The minimum absolute atomic E-state index is 0.405. The molecule has 0 bridgehead atoms. The van der Waals surface area contributed by atoms with Gasteiger partial charge in [-0.1, -0.05) is 37.3 Å². The second kappa shape index (κ2) is 5.97. The number of hydrogen-bond acceptors (Lipinski definition) is 5. The third kappa shape index (κ3) is 2.88. The highest BCUT2D eigenvalue weighted by molar-refractivity contribution is 8.00. The van der Waals surface area contributed by atoms with Crippen LogP contribution >= 0.6 is 11.8 Å². The molecule has 0 radical (unpaired) electrons. The van der Waals surface area contributed by atoms with Crippen molar-refractivity contribution in [3.8, 4) is 0 Å². The maximum absolute atomic E-state index is 5.53. The van der Waals surface area contributed by atoms with Gasteiger partial charge < -0.3 is 4.42 Å². The lowest BCUT2D eigenvalue weighted by molar-refractivity contribution is 0.173. The average Bonchev–Trinajstić information content (AvgIpc) is 2.85. The number of rotatable bonds is 3. The summed E-state index contributed by atoms with van der Waals surface area (Å²) < 4.78 is 5.53. The van der Waals surface area contributed by atoms with Gasteiger partial charge in [-0.15, -0.1) is 10.2 Å². The molecule has 2 atom stereocenters. The Kier molecular flexibility index (Phi) is 4.08. The molecule has 106 valence electrons. The molecule has 0 unspecified atom stereocenters. The zero-order chi connectivity index (χ0) is 13.9. The minimum atomic E-state index is 0.405. The highest BCUT2D eigenvalue weighted by atomic mass is 32.2. The molecule has 1 saturated heterocycles. The Hall–Kier alpha value is -1.33. The molecule has 20 heavy (non-hydrogen) atoms. The van der Waals surface area contributed by atoms with Crippen LogP contribution in [0, 0.1) is 6.92 Å². The predicted octanol–water partition coefficient (Wildman–Crippen LogP) is 3.06. The monoisotopic (exact) mass is 289 g/mol. The van der Waals surface area contributed by atoms with Gasteiger partial charge in [0, 0.05) is 30.5 Å². The fourth-order valence-electron chi connectivity index (χ4n) is 2.77. The van der Waals surface area contributed by atoms with E-state index in [1.807, 2.05) is 18.7 Å². The van der Waals surface area contributed by atoms with Crippen LogP contribution < -0.4 is 0 Å². The van der Waals surface area contributed by atoms with Gasteiger partial charge in [-0.2, -0.15) is 11.8 Å². The van der Waals surface area contributed by atoms with E-state index in [0.717, 1.165) is 18.8 Å². The summed E-state index contributed by atoms with van der Waals surface area (Å²) in [7, 11) is 0. The first kappa shape index (κ1) is 13.6. The zero-order valence-corrected chi connectivity index (χ0v) is 12.6. The lowest BCUT2D eigenvalue weighted by Crippen LogP contribution is -2.39. The van der Waals surface area contributed by atoms with Crippen molar-refractivity contribution in [1.29, 1.82) is 0 Å². The van der Waals surface area contributed by atoms with E-state index in [1.54, 1.807) is 0 Å². The quantitative estimate of drug-likeness (QED) is 0.868. The Morgan fingerprint density at radius 2 is 2.10 bits per heavy atom. The zero-order valence-electron chi connectivity index (χ0n) is 11.8. The summed E-state index contributed by atoms with van der Waals surface area (Å²) in [6.45, 7) is 5.91. The number of thioether (sulfide) groups is 1. The van der Waals surface area contributed by atoms with Gasteiger partial charge in [0.1, 0.15) is 0 Å². The first-order valence-corrected chi connectivity index (χ1v) is 7.98. The minimum Gasteiger partial charge on any atom is -0.424 e. The highest BCUT2D eigenvalue weighted by Crippen LogP contribution is 2.36. The summed E-state index contributed by atoms with van der Waals surface area (Å²) in [4.78, 5) is 2.45. The third-order valence-corrected chi connectivity index (χ3v) is 4.85. The van der Waals surface area contributed by atoms with E-state index >= 15 is 0 Å². The van der Waals surface area contributed by atoms with Crippen LogP contribution in [0.3, 0.4) is 0 Å². The molecule has 0 saturated carbocycles. The van der Waals surface area contributed by atoms with Crippen LogP contribution in [0.4, 0.5) is 0 Å². The van der Waals surface area contributed by atoms with Crippen LogP contribution in [0.1, 0.15) is 30.3 Å². The second-order valence-electron chi connectivity index (χ2n) is 5.12. The standard InChI is InChI=1S/C15H19N3OS/c1-11-15(13-6-4-3-5-7-13)18(8-9-20-11)10-14-17-16-12(2)19-14/h3-7,11,15H,8-10H2,1-2H3/t11-,15-/m0/s1. The van der Waals surface area contributed by atoms with E-state index in [-0.39, 0.29) is 0 Å². The SMILES string of the molecule is Cc1nnc(CN2CCS[C@@H](C)[C@H]2c2ccccc2)o1. The lowest BCUT2D eigenvalue weighted by Gasteiger charge is -2.39. The molecule has 0 N–H and O–H groups in total. The topological polar surface area (TPSA) is 42.2 Å². The van der Waals surface area contributed by atoms with Gasteiger partial charge >= 0.3 is 0 Å². The molecule has 0 amide bonds. The van der Waals surface area contributed by atoms with E-state index < -0.39 is 0 Å². The second-order valence-corrected chi connectivity index (χ2v) is 6.60. The Labute approximate surface area is 123 Å². The van der Waals surface area contributed by atoms with Gasteiger partial charge in [0.2, 0.25) is 11.8 Å². The van der Waals surface area contributed by atoms with Gasteiger partial charge in [0.05, 0.1) is 6.54 Å². The van der Waals surface area contributed by atoms with E-state index in [0.29, 0.717) is 23.1 Å². The van der Waals surface area contributed by atoms with Crippen LogP contribution in [0.5, 0.6) is 0 Å². The van der Waals surface area contributed by atoms with Gasteiger partial charge in [-0.3, -0.25) is 4.90 Å². The first-order chi connectivity index (χ1) is 9.74. The van der Waals surface area contributed by atoms with Crippen molar-refractivity contribution in [2.24, 2.45) is 0 Å². The molecule has 5 heteroatoms. The fourth-order valence-corrected chi connectivity index (χ4v) is 3.99. The van der Waals surface area contributed by atoms with Crippen molar-refractivity contribution in [2.75, 3.05) is 12.3 Å². The van der Waals surface area contributed by atoms with Crippen LogP contribution in [-0.4, -0.2) is 32.6 Å². The molecule has 2 heterocycles. The van der Waals surface area contributed by atoms with E-state index in [4.69, 9.17) is 4.42 Å². The molecular formula is C15H19N3OS. The summed E-state index contributed by atoms with van der Waals surface area (Å²) >= 11 is 2.03. The van der Waals surface area contributed by atoms with Gasteiger partial charge in [-0.05, 0) is 5.56 Å². The molecule has 1 aliphatic rings. The van der Waals surface area contributed by atoms with Crippen molar-refractivity contribution in [1.82, 2.24) is 15.1 Å². The van der Waals surface area contributed by atoms with Crippen molar-refractivity contribution < 1.29 is 4.42 Å². The first-order valence-electron chi connectivity index (χ1n) is 6.93. The summed E-state index contributed by atoms with van der Waals surface area (Å²) in [5, 5.41) is 8.61. The van der Waals surface area contributed by atoms with Crippen LogP contribution in [0.25, 0.3) is 0 Å². The Balaban J connectivity index is 1.83. The summed E-state index contributed by atoms with van der Waals surface area (Å²) in [6, 6.07) is 11.1. The Morgan fingerprint density at radius 3 is 2.80 bits per heavy atom. The molecule has 1 fully saturated rings. The van der Waals surface area contributed by atoms with E-state index in [1.165, 1.54) is 5.56 Å². The molecule has 0 aliphatic carbocycles. The lowest BCUT2D eigenvalue weighted by atomic mass is 10.0. The predicted molar refractivity (Wildman–Crippen MR) is 80.5 cm³/mol. The number of benzene rings is 1. The average molecular weight is 289 g/mol. The van der Waals surface area contributed by atoms with Gasteiger partial charge in [0.15, 0.2) is 0 Å². The van der Waals surface area contributed by atoms with E-state index in [2.05, 4.69) is 52.4 Å². The van der Waals surface area contributed by atoms with Crippen molar-refractivity contribution in [2.45, 2.75) is 31.7 Å². The summed E-state index contributed by atoms with van der Waals surface area (Å²) in [5.41, 5.74) is 1.36. The van der Waals surface area contributed by atoms with Crippen molar-refractivity contribution >= 4 is 11.8 Å². The number of nitrogens with zero attached hydrogens (tertiary/aromatic N) is 3. The number of aryl methyl sites for hydroxylation is 1. The van der Waals surface area contributed by atoms with Crippen LogP contribution in [-0.2, 0) is 6.54 Å². The normalized spacial score (nSPS) is 23.9. The van der Waals surface area contributed by atoms with Gasteiger partial charge in [-0.25, -0.2) is 0 Å². The largest absolute Gasteiger partial charge is 0.424 e. The molecule has 1 aromatic carbocycles. The summed E-state index contributed by atoms with van der Waals surface area (Å²) in [6.07, 6.45) is 0. The molecule has 1 aromatic heterocycles. The molecule has 4 nitrogen and oxygen atoms in total. The fraction of sp³-hybridized carbons (Fsp3) is 0.467. The molecule has 0 spiro atoms. The van der Waals surface area contributed by atoms with Crippen LogP contribution in [0.15, 0.2) is 34.7 Å². The maximum Gasteiger partial charge on any atom is 0.230 e. The van der Waals surface area contributed by atoms with Gasteiger partial charge in [0.25, 0.3) is 0 Å². The molecule has 2 aromatic rings. The van der Waals surface area contributed by atoms with E-state index in [9.17, 15) is 0 Å². The Bertz CT molecular complexity index is 557. The van der Waals surface area contributed by atoms with Crippen molar-refractivity contribution in [3.05, 3.63) is 47.7 Å². The summed E-state index contributed by atoms with van der Waals surface area (Å²) in [5.74, 6) is 2.50.